The van der Waals surface area contributed by atoms with Crippen LogP contribution in [0.5, 0.6) is 0 Å². The van der Waals surface area contributed by atoms with E-state index in [1.54, 1.807) is 36.4 Å². The number of fused-ring (bicyclic) bond motifs is 1. The van der Waals surface area contributed by atoms with Crippen LogP contribution in [0.25, 0.3) is 10.9 Å². The third kappa shape index (κ3) is 5.92. The Hall–Kier alpha value is -4.56. The first-order chi connectivity index (χ1) is 17.3. The van der Waals surface area contributed by atoms with Gasteiger partial charge in [0.05, 0.1) is 23.0 Å². The molecular weight excluding hydrogens is 478 g/mol. The fraction of sp³-hybridized carbons (Fsp3) is 0.0741. The lowest BCUT2D eigenvalue weighted by molar-refractivity contribution is -0.136. The lowest BCUT2D eigenvalue weighted by atomic mass is 10.1. The third-order valence-electron chi connectivity index (χ3n) is 5.26. The van der Waals surface area contributed by atoms with Crippen molar-refractivity contribution < 1.29 is 14.4 Å². The van der Waals surface area contributed by atoms with Crippen LogP contribution in [0.2, 0.25) is 5.15 Å². The highest BCUT2D eigenvalue weighted by atomic mass is 35.5. The minimum Gasteiger partial charge on any atom is -0.322 e. The summed E-state index contributed by atoms with van der Waals surface area (Å²) in [4.78, 5) is 41.8. The quantitative estimate of drug-likeness (QED) is 0.158. The predicted octanol–water partition coefficient (Wildman–Crippen LogP) is 4.85. The van der Waals surface area contributed by atoms with Gasteiger partial charge in [-0.25, -0.2) is 10.4 Å². The number of amides is 3. The molecule has 0 aliphatic rings. The summed E-state index contributed by atoms with van der Waals surface area (Å²) in [5.74, 6) is -2.43. The highest BCUT2D eigenvalue weighted by Crippen LogP contribution is 2.21. The van der Waals surface area contributed by atoms with Crippen LogP contribution in [0.1, 0.15) is 27.0 Å². The van der Waals surface area contributed by atoms with Crippen LogP contribution in [0.15, 0.2) is 77.9 Å². The number of hydrogen-bond donors (Lipinski definition) is 3. The number of anilines is 2. The summed E-state index contributed by atoms with van der Waals surface area (Å²) in [6.07, 6.45) is 1.31. The monoisotopic (exact) mass is 499 g/mol. The zero-order valence-electron chi connectivity index (χ0n) is 19.5. The van der Waals surface area contributed by atoms with Gasteiger partial charge in [-0.15, -0.1) is 0 Å². The van der Waals surface area contributed by atoms with Crippen LogP contribution >= 0.6 is 11.6 Å². The molecule has 8 nitrogen and oxygen atoms in total. The maximum absolute atomic E-state index is 12.7. The van der Waals surface area contributed by atoms with Crippen LogP contribution in [0.3, 0.4) is 0 Å². The molecule has 36 heavy (non-hydrogen) atoms. The molecule has 0 saturated carbocycles. The first-order valence-electron chi connectivity index (χ1n) is 11.0. The van der Waals surface area contributed by atoms with Crippen molar-refractivity contribution in [3.63, 3.8) is 0 Å². The topological polar surface area (TPSA) is 113 Å². The Morgan fingerprint density at radius 3 is 2.36 bits per heavy atom. The Balaban J connectivity index is 1.41. The summed E-state index contributed by atoms with van der Waals surface area (Å²) in [5, 5.41) is 10.1. The van der Waals surface area contributed by atoms with Crippen molar-refractivity contribution in [2.45, 2.75) is 13.8 Å². The van der Waals surface area contributed by atoms with Crippen molar-refractivity contribution in [1.82, 2.24) is 10.4 Å². The molecule has 3 aromatic carbocycles. The van der Waals surface area contributed by atoms with E-state index >= 15 is 0 Å². The van der Waals surface area contributed by atoms with Gasteiger partial charge in [0.2, 0.25) is 0 Å². The van der Waals surface area contributed by atoms with Gasteiger partial charge in [0.25, 0.3) is 5.91 Å². The Labute approximate surface area is 212 Å². The number of pyridine rings is 1. The van der Waals surface area contributed by atoms with Gasteiger partial charge in [-0.1, -0.05) is 53.6 Å². The van der Waals surface area contributed by atoms with E-state index in [2.05, 4.69) is 26.1 Å². The molecule has 0 bridgehead atoms. The molecule has 9 heteroatoms. The van der Waals surface area contributed by atoms with Crippen molar-refractivity contribution in [3.8, 4) is 0 Å². The summed E-state index contributed by atoms with van der Waals surface area (Å²) < 4.78 is 0. The standard InChI is InChI=1S/C27H22ClN5O3/c1-16-8-11-20(12-9-16)30-25(34)21-5-3-4-6-22(21)32-26(35)27(36)33-29-15-19-14-18-10-7-17(2)13-23(18)31-24(19)28/h3-15H,1-2H3,(H,30,34)(H,32,35)(H,33,36)/b29-15-. The van der Waals surface area contributed by atoms with Gasteiger partial charge in [0.1, 0.15) is 5.15 Å². The number of carbonyl (C=O) groups is 3. The molecule has 3 amide bonds. The SMILES string of the molecule is Cc1ccc(NC(=O)c2ccccc2NC(=O)C(=O)N/N=C\c2cc3ccc(C)cc3nc2Cl)cc1. The van der Waals surface area contributed by atoms with Gasteiger partial charge in [-0.2, -0.15) is 5.10 Å². The number of nitrogens with one attached hydrogen (secondary N) is 3. The molecule has 0 saturated heterocycles. The van der Waals surface area contributed by atoms with E-state index in [0.29, 0.717) is 11.3 Å². The number of hydrogen-bond acceptors (Lipinski definition) is 5. The van der Waals surface area contributed by atoms with Crippen molar-refractivity contribution in [2.75, 3.05) is 10.6 Å². The van der Waals surface area contributed by atoms with Crippen molar-refractivity contribution in [2.24, 2.45) is 5.10 Å². The van der Waals surface area contributed by atoms with Crippen LogP contribution in [0.4, 0.5) is 11.4 Å². The number of para-hydroxylation sites is 1. The summed E-state index contributed by atoms with van der Waals surface area (Å²) in [5.41, 5.74) is 6.49. The maximum atomic E-state index is 12.7. The number of aromatic nitrogens is 1. The fourth-order valence-electron chi connectivity index (χ4n) is 3.38. The molecule has 0 aliphatic heterocycles. The van der Waals surface area contributed by atoms with Crippen LogP contribution in [-0.2, 0) is 9.59 Å². The summed E-state index contributed by atoms with van der Waals surface area (Å²) >= 11 is 6.22. The van der Waals surface area contributed by atoms with Gasteiger partial charge in [0.15, 0.2) is 0 Å². The second-order valence-electron chi connectivity index (χ2n) is 8.08. The van der Waals surface area contributed by atoms with E-state index in [4.69, 9.17) is 11.6 Å². The number of hydrazone groups is 1. The molecule has 4 rings (SSSR count). The summed E-state index contributed by atoms with van der Waals surface area (Å²) in [7, 11) is 0. The second kappa shape index (κ2) is 10.8. The number of nitrogens with zero attached hydrogens (tertiary/aromatic N) is 2. The number of carbonyl (C=O) groups excluding carboxylic acids is 3. The Morgan fingerprint density at radius 1 is 0.861 bits per heavy atom. The predicted molar refractivity (Wildman–Crippen MR) is 141 cm³/mol. The molecule has 0 atom stereocenters. The first-order valence-corrected chi connectivity index (χ1v) is 11.4. The highest BCUT2D eigenvalue weighted by molar-refractivity contribution is 6.40. The smallest absolute Gasteiger partial charge is 0.322 e. The third-order valence-corrected chi connectivity index (χ3v) is 5.56. The molecule has 0 unspecified atom stereocenters. The van der Waals surface area contributed by atoms with Gasteiger partial charge in [0, 0.05) is 16.6 Å². The zero-order valence-corrected chi connectivity index (χ0v) is 20.3. The summed E-state index contributed by atoms with van der Waals surface area (Å²) in [6.45, 7) is 3.90. The molecule has 1 heterocycles. The van der Waals surface area contributed by atoms with E-state index < -0.39 is 17.7 Å². The molecule has 3 N–H and O–H groups in total. The van der Waals surface area contributed by atoms with E-state index in [-0.39, 0.29) is 16.4 Å². The van der Waals surface area contributed by atoms with E-state index in [1.165, 1.54) is 12.3 Å². The largest absolute Gasteiger partial charge is 0.329 e. The van der Waals surface area contributed by atoms with Gasteiger partial charge in [-0.3, -0.25) is 14.4 Å². The minimum atomic E-state index is -1.01. The molecule has 0 aliphatic carbocycles. The molecule has 180 valence electrons. The van der Waals surface area contributed by atoms with Crippen molar-refractivity contribution in [1.29, 1.82) is 0 Å². The second-order valence-corrected chi connectivity index (χ2v) is 8.44. The Bertz CT molecular complexity index is 1500. The van der Waals surface area contributed by atoms with Crippen LogP contribution in [0, 0.1) is 13.8 Å². The summed E-state index contributed by atoms with van der Waals surface area (Å²) in [6, 6.07) is 21.2. The van der Waals surface area contributed by atoms with E-state index in [1.807, 2.05) is 44.2 Å². The number of rotatable bonds is 5. The average Bonchev–Trinajstić information content (AvgIpc) is 2.86. The number of halogens is 1. The molecule has 0 radical (unpaired) electrons. The Kier molecular flexibility index (Phi) is 7.36. The molecule has 0 spiro atoms. The first kappa shape index (κ1) is 24.6. The minimum absolute atomic E-state index is 0.184. The van der Waals surface area contributed by atoms with Crippen molar-refractivity contribution >= 4 is 57.8 Å². The molecule has 1 aromatic heterocycles. The molecule has 0 fully saturated rings. The van der Waals surface area contributed by atoms with Gasteiger partial charge >= 0.3 is 11.8 Å². The zero-order chi connectivity index (χ0) is 25.7. The van der Waals surface area contributed by atoms with Gasteiger partial charge < -0.3 is 10.6 Å². The number of benzene rings is 3. The molecular formula is C27H22ClN5O3. The van der Waals surface area contributed by atoms with E-state index in [0.717, 1.165) is 22.0 Å². The lowest BCUT2D eigenvalue weighted by Crippen LogP contribution is -2.33. The van der Waals surface area contributed by atoms with Crippen LogP contribution in [-0.4, -0.2) is 28.9 Å². The highest BCUT2D eigenvalue weighted by Gasteiger charge is 2.18. The average molecular weight is 500 g/mol. The van der Waals surface area contributed by atoms with Gasteiger partial charge in [-0.05, 0) is 55.8 Å². The number of aryl methyl sites for hydroxylation is 2. The Morgan fingerprint density at radius 2 is 1.58 bits per heavy atom. The lowest BCUT2D eigenvalue weighted by Gasteiger charge is -2.11. The van der Waals surface area contributed by atoms with E-state index in [9.17, 15) is 14.4 Å². The van der Waals surface area contributed by atoms with Crippen molar-refractivity contribution in [3.05, 3.63) is 100 Å². The normalized spacial score (nSPS) is 10.9. The fourth-order valence-corrected chi connectivity index (χ4v) is 3.57. The van der Waals surface area contributed by atoms with Crippen LogP contribution < -0.4 is 16.1 Å². The maximum Gasteiger partial charge on any atom is 0.329 e. The molecule has 4 aromatic rings.